The molecule has 5 heteroatoms. The van der Waals surface area contributed by atoms with Gasteiger partial charge in [-0.25, -0.2) is 4.79 Å². The number of carbonyl (C=O) groups excluding carboxylic acids is 1. The number of carbonyl (C=O) groups is 1. The fourth-order valence-electron chi connectivity index (χ4n) is 3.54. The summed E-state index contributed by atoms with van der Waals surface area (Å²) < 4.78 is 6.73. The quantitative estimate of drug-likeness (QED) is 0.778. The van der Waals surface area contributed by atoms with E-state index in [1.54, 1.807) is 6.07 Å². The molecule has 25 heavy (non-hydrogen) atoms. The molecule has 1 aromatic heterocycles. The monoisotopic (exact) mass is 336 g/mol. The van der Waals surface area contributed by atoms with E-state index in [0.717, 1.165) is 30.3 Å². The van der Waals surface area contributed by atoms with Crippen molar-refractivity contribution in [3.63, 3.8) is 0 Å². The molecular formula is C20H20N2O3. The predicted molar refractivity (Wildman–Crippen MR) is 95.2 cm³/mol. The Morgan fingerprint density at radius 2 is 1.80 bits per heavy atom. The van der Waals surface area contributed by atoms with E-state index in [9.17, 15) is 9.59 Å². The highest BCUT2D eigenvalue weighted by molar-refractivity contribution is 5.78. The zero-order valence-electron chi connectivity index (χ0n) is 13.9. The highest BCUT2D eigenvalue weighted by Gasteiger charge is 2.39. The van der Waals surface area contributed by atoms with Crippen LogP contribution in [0.2, 0.25) is 0 Å². The average molecular weight is 336 g/mol. The maximum Gasteiger partial charge on any atom is 0.419 e. The van der Waals surface area contributed by atoms with Crippen molar-refractivity contribution in [1.82, 2.24) is 9.88 Å². The Hall–Kier alpha value is -2.82. The second-order valence-corrected chi connectivity index (χ2v) is 6.59. The average Bonchev–Trinajstić information content (AvgIpc) is 2.92. The molecule has 1 amide bonds. The highest BCUT2D eigenvalue weighted by Crippen LogP contribution is 2.41. The molecule has 0 radical (unpaired) electrons. The Morgan fingerprint density at radius 3 is 2.52 bits per heavy atom. The van der Waals surface area contributed by atoms with Crippen LogP contribution in [0.25, 0.3) is 11.1 Å². The van der Waals surface area contributed by atoms with Gasteiger partial charge >= 0.3 is 5.76 Å². The van der Waals surface area contributed by atoms with Gasteiger partial charge in [0, 0.05) is 13.0 Å². The third-order valence-corrected chi connectivity index (χ3v) is 5.05. The predicted octanol–water partition coefficient (Wildman–Crippen LogP) is 3.18. The van der Waals surface area contributed by atoms with Crippen LogP contribution in [0.1, 0.15) is 31.2 Å². The van der Waals surface area contributed by atoms with Gasteiger partial charge in [0.15, 0.2) is 5.58 Å². The van der Waals surface area contributed by atoms with Crippen molar-refractivity contribution in [3.05, 3.63) is 70.7 Å². The lowest BCUT2D eigenvalue weighted by Gasteiger charge is -2.43. The number of nitrogens with one attached hydrogen (secondary N) is 1. The van der Waals surface area contributed by atoms with E-state index in [-0.39, 0.29) is 17.9 Å². The van der Waals surface area contributed by atoms with Crippen LogP contribution >= 0.6 is 0 Å². The minimum Gasteiger partial charge on any atom is -0.408 e. The van der Waals surface area contributed by atoms with E-state index in [1.165, 1.54) is 4.57 Å². The third-order valence-electron chi connectivity index (χ3n) is 5.05. The Kier molecular flexibility index (Phi) is 3.92. The second-order valence-electron chi connectivity index (χ2n) is 6.59. The van der Waals surface area contributed by atoms with Crippen molar-refractivity contribution in [2.75, 3.05) is 0 Å². The van der Waals surface area contributed by atoms with E-state index in [4.69, 9.17) is 4.42 Å². The zero-order valence-corrected chi connectivity index (χ0v) is 13.9. The summed E-state index contributed by atoms with van der Waals surface area (Å²) in [5.74, 6) is -0.462. The maximum absolute atomic E-state index is 12.5. The molecule has 3 aromatic rings. The van der Waals surface area contributed by atoms with Crippen molar-refractivity contribution in [2.45, 2.75) is 37.8 Å². The number of hydrogen-bond acceptors (Lipinski definition) is 3. The molecule has 0 saturated heterocycles. The summed E-state index contributed by atoms with van der Waals surface area (Å²) in [6.07, 6.45) is 3.27. The van der Waals surface area contributed by atoms with E-state index < -0.39 is 5.76 Å². The van der Waals surface area contributed by atoms with Crippen LogP contribution in [-0.2, 0) is 16.9 Å². The number of fused-ring (bicyclic) bond motifs is 1. The van der Waals surface area contributed by atoms with E-state index in [2.05, 4.69) is 17.4 Å². The molecule has 1 heterocycles. The summed E-state index contributed by atoms with van der Waals surface area (Å²) in [6.45, 7) is 0.312. The number of aromatic nitrogens is 1. The normalized spacial score (nSPS) is 15.7. The number of para-hydroxylation sites is 2. The van der Waals surface area contributed by atoms with Crippen molar-refractivity contribution >= 4 is 17.0 Å². The van der Waals surface area contributed by atoms with Gasteiger partial charge in [-0.05, 0) is 37.0 Å². The number of aryl methyl sites for hydroxylation is 1. The summed E-state index contributed by atoms with van der Waals surface area (Å²) in [4.78, 5) is 24.5. The van der Waals surface area contributed by atoms with Gasteiger partial charge in [-0.2, -0.15) is 0 Å². The number of rotatable bonds is 5. The summed E-state index contributed by atoms with van der Waals surface area (Å²) in [6, 6.07) is 17.4. The van der Waals surface area contributed by atoms with Gasteiger partial charge in [-0.15, -0.1) is 0 Å². The van der Waals surface area contributed by atoms with Crippen LogP contribution in [0.3, 0.4) is 0 Å². The minimum atomic E-state index is -0.421. The smallest absolute Gasteiger partial charge is 0.408 e. The molecule has 1 aliphatic rings. The number of nitrogens with zero attached hydrogens (tertiary/aromatic N) is 1. The topological polar surface area (TPSA) is 64.2 Å². The lowest BCUT2D eigenvalue weighted by molar-refractivity contribution is -0.124. The van der Waals surface area contributed by atoms with E-state index in [0.29, 0.717) is 12.1 Å². The number of benzene rings is 2. The summed E-state index contributed by atoms with van der Waals surface area (Å²) >= 11 is 0. The van der Waals surface area contributed by atoms with Crippen molar-refractivity contribution < 1.29 is 9.21 Å². The second kappa shape index (κ2) is 6.24. The summed E-state index contributed by atoms with van der Waals surface area (Å²) in [5, 5.41) is 3.19. The lowest BCUT2D eigenvalue weighted by Crippen LogP contribution is -2.51. The first kappa shape index (κ1) is 15.7. The van der Waals surface area contributed by atoms with E-state index in [1.807, 2.05) is 36.4 Å². The number of oxazole rings is 1. The summed E-state index contributed by atoms with van der Waals surface area (Å²) in [7, 11) is 0. The SMILES string of the molecule is O=C(CCn1c(=O)oc2ccccc21)NC1(c2ccccc2)CCC1. The first-order valence-electron chi connectivity index (χ1n) is 8.63. The molecule has 128 valence electrons. The molecule has 1 N–H and O–H groups in total. The van der Waals surface area contributed by atoms with Crippen LogP contribution in [0.15, 0.2) is 63.8 Å². The molecule has 0 aliphatic heterocycles. The van der Waals surface area contributed by atoms with Crippen molar-refractivity contribution in [2.24, 2.45) is 0 Å². The van der Waals surface area contributed by atoms with Crippen LogP contribution < -0.4 is 11.1 Å². The molecular weight excluding hydrogens is 316 g/mol. The molecule has 4 rings (SSSR count). The molecule has 1 aliphatic carbocycles. The molecule has 1 fully saturated rings. The highest BCUT2D eigenvalue weighted by atomic mass is 16.4. The Morgan fingerprint density at radius 1 is 1.08 bits per heavy atom. The number of amides is 1. The maximum atomic E-state index is 12.5. The van der Waals surface area contributed by atoms with Gasteiger partial charge in [-0.3, -0.25) is 9.36 Å². The molecule has 0 unspecified atom stereocenters. The molecule has 0 bridgehead atoms. The standard InChI is InChI=1S/C20H20N2O3/c23-18(21-20(12-6-13-20)15-7-2-1-3-8-15)11-14-22-16-9-4-5-10-17(16)25-19(22)24/h1-5,7-10H,6,11-14H2,(H,21,23). The lowest BCUT2D eigenvalue weighted by atomic mass is 9.71. The minimum absolute atomic E-state index is 0.0410. The van der Waals surface area contributed by atoms with Gasteiger partial charge in [0.2, 0.25) is 5.91 Å². The third kappa shape index (κ3) is 2.86. The Balaban J connectivity index is 1.47. The van der Waals surface area contributed by atoms with Gasteiger partial charge in [-0.1, -0.05) is 42.5 Å². The molecule has 0 spiro atoms. The van der Waals surface area contributed by atoms with Crippen LogP contribution in [-0.4, -0.2) is 10.5 Å². The fraction of sp³-hybridized carbons (Fsp3) is 0.300. The summed E-state index contributed by atoms with van der Waals surface area (Å²) in [5.41, 5.74) is 2.18. The van der Waals surface area contributed by atoms with E-state index >= 15 is 0 Å². The Bertz CT molecular complexity index is 952. The van der Waals surface area contributed by atoms with Gasteiger partial charge in [0.25, 0.3) is 0 Å². The van der Waals surface area contributed by atoms with Crippen LogP contribution in [0.4, 0.5) is 0 Å². The van der Waals surface area contributed by atoms with Crippen molar-refractivity contribution in [3.8, 4) is 0 Å². The van der Waals surface area contributed by atoms with Gasteiger partial charge in [0.05, 0.1) is 11.1 Å². The molecule has 0 atom stereocenters. The van der Waals surface area contributed by atoms with Gasteiger partial charge in [0.1, 0.15) is 0 Å². The molecule has 5 nitrogen and oxygen atoms in total. The Labute approximate surface area is 145 Å². The van der Waals surface area contributed by atoms with Gasteiger partial charge < -0.3 is 9.73 Å². The first-order valence-corrected chi connectivity index (χ1v) is 8.63. The van der Waals surface area contributed by atoms with Crippen LogP contribution in [0.5, 0.6) is 0 Å². The molecule has 2 aromatic carbocycles. The number of hydrogen-bond donors (Lipinski definition) is 1. The van der Waals surface area contributed by atoms with Crippen LogP contribution in [0, 0.1) is 0 Å². The fourth-order valence-corrected chi connectivity index (χ4v) is 3.54. The van der Waals surface area contributed by atoms with Crippen molar-refractivity contribution in [1.29, 1.82) is 0 Å². The largest absolute Gasteiger partial charge is 0.419 e. The molecule has 1 saturated carbocycles. The first-order chi connectivity index (χ1) is 12.2. The zero-order chi connectivity index (χ0) is 17.3.